The van der Waals surface area contributed by atoms with Crippen LogP contribution in [0.25, 0.3) is 82.8 Å². The van der Waals surface area contributed by atoms with Gasteiger partial charge in [0, 0.05) is 49.6 Å². The highest BCUT2D eigenvalue weighted by atomic mass is 16.3. The molecule has 15 rings (SSSR count). The van der Waals surface area contributed by atoms with Crippen LogP contribution in [-0.4, -0.2) is 11.4 Å². The summed E-state index contributed by atoms with van der Waals surface area (Å²) >= 11 is 0. The molecule has 70 heavy (non-hydrogen) atoms. The average Bonchev–Trinajstić information content (AvgIpc) is 4.02. The van der Waals surface area contributed by atoms with Crippen LogP contribution < -0.4 is 15.7 Å². The van der Waals surface area contributed by atoms with Crippen molar-refractivity contribution in [3.63, 3.8) is 0 Å². The van der Waals surface area contributed by atoms with Gasteiger partial charge in [-0.2, -0.15) is 0 Å². The topological polar surface area (TPSA) is 21.3 Å². The van der Waals surface area contributed by atoms with Crippen molar-refractivity contribution in [2.75, 3.05) is 4.81 Å². The Bertz CT molecular complexity index is 4050. The van der Waals surface area contributed by atoms with Crippen molar-refractivity contribution in [3.05, 3.63) is 172 Å². The average molecular weight is 907 g/mol. The molecule has 0 radical (unpaired) electrons. The first-order valence-corrected chi connectivity index (χ1v) is 25.8. The van der Waals surface area contributed by atoms with Crippen LogP contribution in [0.2, 0.25) is 0 Å². The third-order valence-corrected chi connectivity index (χ3v) is 18.6. The monoisotopic (exact) mass is 906 g/mol. The standard InChI is InChI=1S/C66H59BN2O/c1-62(2,3)36-20-22-37(23-21-36)69-55-34-49-43(44-31-51-52(33-48(44)66(49,10)11)64(6,7)29-28-63(51,4)5)30-46(55)40-24-25-42-58-54(27-26-41-39-17-13-15-19-57(39)70-61(41)58)68-56-35-50-45(32-53(56)67(69)59(40)60(42)68)38-16-12-14-18-47(38)65(50,8)9/h12-27,30-35H,28-29H2,1-11H3. The second-order valence-corrected chi connectivity index (χ2v) is 25.1. The zero-order valence-electron chi connectivity index (χ0n) is 42.5. The lowest BCUT2D eigenvalue weighted by Gasteiger charge is -2.43. The lowest BCUT2D eigenvalue weighted by molar-refractivity contribution is 0.331. The second-order valence-electron chi connectivity index (χ2n) is 25.1. The van der Waals surface area contributed by atoms with Crippen molar-refractivity contribution in [1.82, 2.24) is 4.57 Å². The molecule has 0 fully saturated rings. The number of hydrogen-bond acceptors (Lipinski definition) is 2. The van der Waals surface area contributed by atoms with Gasteiger partial charge >= 0.3 is 6.85 Å². The van der Waals surface area contributed by atoms with E-state index >= 15 is 0 Å². The molecule has 3 nitrogen and oxygen atoms in total. The minimum Gasteiger partial charge on any atom is -0.455 e. The fraction of sp³-hybridized carbons (Fsp3) is 0.273. The van der Waals surface area contributed by atoms with E-state index in [9.17, 15) is 0 Å². The lowest BCUT2D eigenvalue weighted by atomic mass is 9.43. The van der Waals surface area contributed by atoms with E-state index in [1.165, 1.54) is 135 Å². The first-order chi connectivity index (χ1) is 33.3. The summed E-state index contributed by atoms with van der Waals surface area (Å²) in [5, 5.41) is 4.76. The molecule has 4 heteroatoms. The molecule has 10 aromatic rings. The van der Waals surface area contributed by atoms with Crippen LogP contribution in [0.4, 0.5) is 11.4 Å². The Kier molecular flexibility index (Phi) is 7.48. The maximum absolute atomic E-state index is 6.96. The highest BCUT2D eigenvalue weighted by Crippen LogP contribution is 2.58. The summed E-state index contributed by atoms with van der Waals surface area (Å²) in [6.07, 6.45) is 2.40. The lowest BCUT2D eigenvalue weighted by Crippen LogP contribution is -2.60. The van der Waals surface area contributed by atoms with E-state index in [1.807, 2.05) is 0 Å². The van der Waals surface area contributed by atoms with Crippen LogP contribution in [0.5, 0.6) is 0 Å². The Labute approximate surface area is 412 Å². The Morgan fingerprint density at radius 2 is 1.13 bits per heavy atom. The molecule has 5 aliphatic rings. The first kappa shape index (κ1) is 41.0. The molecule has 0 N–H and O–H groups in total. The van der Waals surface area contributed by atoms with Crippen LogP contribution in [0.15, 0.2) is 138 Å². The maximum atomic E-state index is 6.96. The molecular formula is C66H59BN2O. The summed E-state index contributed by atoms with van der Waals surface area (Å²) in [6, 6.07) is 52.5. The molecule has 3 aliphatic carbocycles. The molecule has 0 saturated heterocycles. The Balaban J connectivity index is 1.09. The number of hydrogen-bond donors (Lipinski definition) is 0. The van der Waals surface area contributed by atoms with E-state index in [4.69, 9.17) is 4.42 Å². The Hall–Kier alpha value is -6.78. The van der Waals surface area contributed by atoms with E-state index in [-0.39, 0.29) is 33.9 Å². The summed E-state index contributed by atoms with van der Waals surface area (Å²) in [6.45, 7) is 26.5. The number of aromatic nitrogens is 1. The summed E-state index contributed by atoms with van der Waals surface area (Å²) in [4.78, 5) is 2.75. The van der Waals surface area contributed by atoms with E-state index in [1.54, 1.807) is 0 Å². The fourth-order valence-electron chi connectivity index (χ4n) is 14.5. The summed E-state index contributed by atoms with van der Waals surface area (Å²) in [5.41, 5.74) is 28.9. The van der Waals surface area contributed by atoms with Crippen molar-refractivity contribution in [1.29, 1.82) is 0 Å². The van der Waals surface area contributed by atoms with Crippen molar-refractivity contribution >= 4 is 72.9 Å². The fourth-order valence-corrected chi connectivity index (χ4v) is 14.5. The third-order valence-electron chi connectivity index (χ3n) is 18.6. The Morgan fingerprint density at radius 1 is 0.500 bits per heavy atom. The van der Waals surface area contributed by atoms with Crippen LogP contribution in [0.3, 0.4) is 0 Å². The van der Waals surface area contributed by atoms with Crippen LogP contribution in [0.1, 0.15) is 128 Å². The van der Waals surface area contributed by atoms with Gasteiger partial charge < -0.3 is 13.8 Å². The van der Waals surface area contributed by atoms with Gasteiger partial charge in [0.15, 0.2) is 0 Å². The van der Waals surface area contributed by atoms with Crippen LogP contribution >= 0.6 is 0 Å². The quantitative estimate of drug-likeness (QED) is 0.153. The minimum absolute atomic E-state index is 0.0249. The van der Waals surface area contributed by atoms with Crippen molar-refractivity contribution in [2.24, 2.45) is 0 Å². The second kappa shape index (κ2) is 12.8. The van der Waals surface area contributed by atoms with E-state index in [2.05, 4.69) is 219 Å². The molecule has 0 amide bonds. The molecule has 4 heterocycles. The van der Waals surface area contributed by atoms with Gasteiger partial charge in [0.25, 0.3) is 0 Å². The van der Waals surface area contributed by atoms with E-state index < -0.39 is 0 Å². The number of anilines is 2. The zero-order valence-corrected chi connectivity index (χ0v) is 42.5. The SMILES string of the molecule is CC(C)(C)c1ccc(N2B3c4cc5c(cc4-n4c6ccc7c8ccccc8oc7c6c6ccc(c3c64)-c3cc4c(cc32)C(C)(C)c2cc3c(cc2-4)C(C)(C)CCC3(C)C)C(C)(C)c2ccccc2-5)cc1. The van der Waals surface area contributed by atoms with Gasteiger partial charge in [-0.05, 0) is 161 Å². The summed E-state index contributed by atoms with van der Waals surface area (Å²) < 4.78 is 9.59. The van der Waals surface area contributed by atoms with Crippen molar-refractivity contribution in [3.8, 4) is 39.1 Å². The minimum atomic E-state index is -0.191. The van der Waals surface area contributed by atoms with Gasteiger partial charge in [0.05, 0.1) is 16.4 Å². The molecule has 8 aromatic carbocycles. The normalized spacial score (nSPS) is 17.9. The predicted molar refractivity (Wildman–Crippen MR) is 296 cm³/mol. The third kappa shape index (κ3) is 4.93. The molecule has 0 unspecified atom stereocenters. The number of benzene rings is 8. The maximum Gasteiger partial charge on any atom is 0.333 e. The highest BCUT2D eigenvalue weighted by Gasteiger charge is 2.49. The molecule has 0 bridgehead atoms. The predicted octanol–water partition coefficient (Wildman–Crippen LogP) is 16.2. The molecule has 0 atom stereocenters. The van der Waals surface area contributed by atoms with Gasteiger partial charge in [0.1, 0.15) is 11.2 Å². The van der Waals surface area contributed by atoms with E-state index in [0.717, 1.165) is 21.9 Å². The first-order valence-electron chi connectivity index (χ1n) is 25.8. The molecule has 0 saturated carbocycles. The molecule has 342 valence electrons. The zero-order chi connectivity index (χ0) is 47.9. The van der Waals surface area contributed by atoms with Crippen molar-refractivity contribution < 1.29 is 4.42 Å². The van der Waals surface area contributed by atoms with Gasteiger partial charge in [-0.25, -0.2) is 0 Å². The van der Waals surface area contributed by atoms with Crippen LogP contribution in [0, 0.1) is 0 Å². The smallest absolute Gasteiger partial charge is 0.333 e. The van der Waals surface area contributed by atoms with Crippen molar-refractivity contribution in [2.45, 2.75) is 116 Å². The summed E-state index contributed by atoms with van der Waals surface area (Å²) in [7, 11) is 0. The number of rotatable bonds is 1. The molecule has 2 aliphatic heterocycles. The molecular weight excluding hydrogens is 848 g/mol. The molecule has 0 spiro atoms. The largest absolute Gasteiger partial charge is 0.455 e. The number of furan rings is 1. The Morgan fingerprint density at radius 3 is 1.89 bits per heavy atom. The molecule has 2 aromatic heterocycles. The number of para-hydroxylation sites is 1. The number of nitrogens with zero attached hydrogens (tertiary/aromatic N) is 2. The summed E-state index contributed by atoms with van der Waals surface area (Å²) in [5.74, 6) is 0. The van der Waals surface area contributed by atoms with Crippen LogP contribution in [-0.2, 0) is 27.1 Å². The van der Waals surface area contributed by atoms with Gasteiger partial charge in [-0.3, -0.25) is 0 Å². The van der Waals surface area contributed by atoms with E-state index in [0.29, 0.717) is 0 Å². The van der Waals surface area contributed by atoms with Gasteiger partial charge in [0.2, 0.25) is 0 Å². The van der Waals surface area contributed by atoms with Gasteiger partial charge in [-0.15, -0.1) is 0 Å². The highest BCUT2D eigenvalue weighted by molar-refractivity contribution is 6.93. The number of fused-ring (bicyclic) bond motifs is 19. The van der Waals surface area contributed by atoms with Gasteiger partial charge in [-0.1, -0.05) is 155 Å².